The van der Waals surface area contributed by atoms with Gasteiger partial charge in [-0.3, -0.25) is 4.90 Å². The first-order chi connectivity index (χ1) is 14.4. The predicted molar refractivity (Wildman–Crippen MR) is 108 cm³/mol. The van der Waals surface area contributed by atoms with Crippen molar-refractivity contribution < 1.29 is 22.7 Å². The fourth-order valence-electron chi connectivity index (χ4n) is 5.04. The van der Waals surface area contributed by atoms with Crippen LogP contribution in [0.15, 0.2) is 24.3 Å². The van der Waals surface area contributed by atoms with Crippen LogP contribution in [0, 0.1) is 11.8 Å². The molecule has 0 N–H and O–H groups in total. The summed E-state index contributed by atoms with van der Waals surface area (Å²) in [6, 6.07) is 5.62. The summed E-state index contributed by atoms with van der Waals surface area (Å²) in [4.78, 5) is 18.1. The van der Waals surface area contributed by atoms with Crippen LogP contribution in [0.3, 0.4) is 0 Å². The van der Waals surface area contributed by atoms with Crippen molar-refractivity contribution in [3.8, 4) is 0 Å². The highest BCUT2D eigenvalue weighted by Crippen LogP contribution is 2.34. The average Bonchev–Trinajstić information content (AvgIpc) is 3.14. The predicted octanol–water partition coefficient (Wildman–Crippen LogP) is 4.09. The molecule has 0 spiro atoms. The van der Waals surface area contributed by atoms with Gasteiger partial charge in [0.05, 0.1) is 12.1 Å². The summed E-state index contributed by atoms with van der Waals surface area (Å²) in [5, 5.41) is 0. The zero-order valence-electron chi connectivity index (χ0n) is 17.2. The third-order valence-corrected chi connectivity index (χ3v) is 6.77. The average molecular weight is 425 g/mol. The molecule has 0 radical (unpaired) electrons. The highest BCUT2D eigenvalue weighted by Gasteiger charge is 2.33. The third kappa shape index (κ3) is 5.02. The molecule has 1 aromatic rings. The summed E-state index contributed by atoms with van der Waals surface area (Å²) in [5.74, 6) is 1.07. The van der Waals surface area contributed by atoms with Crippen LogP contribution in [0.4, 0.5) is 23.7 Å². The van der Waals surface area contributed by atoms with E-state index >= 15 is 0 Å². The van der Waals surface area contributed by atoms with E-state index in [1.54, 1.807) is 6.07 Å². The smallest absolute Gasteiger partial charge is 0.416 e. The number of alkyl halides is 3. The molecule has 2 saturated heterocycles. The molecule has 0 bridgehead atoms. The van der Waals surface area contributed by atoms with Gasteiger partial charge in [0.15, 0.2) is 0 Å². The fourth-order valence-corrected chi connectivity index (χ4v) is 5.04. The summed E-state index contributed by atoms with van der Waals surface area (Å²) < 4.78 is 44.1. The lowest BCUT2D eigenvalue weighted by atomic mass is 9.78. The van der Waals surface area contributed by atoms with E-state index in [4.69, 9.17) is 4.74 Å². The monoisotopic (exact) mass is 425 g/mol. The maximum Gasteiger partial charge on any atom is 0.416 e. The molecule has 3 fully saturated rings. The van der Waals surface area contributed by atoms with Gasteiger partial charge in [0.1, 0.15) is 6.61 Å². The van der Waals surface area contributed by atoms with Crippen LogP contribution in [-0.2, 0) is 10.9 Å². The van der Waals surface area contributed by atoms with Crippen molar-refractivity contribution in [3.05, 3.63) is 29.8 Å². The minimum atomic E-state index is -4.31. The number of carbonyl (C=O) groups is 1. The first-order valence-corrected chi connectivity index (χ1v) is 11.0. The number of anilines is 1. The number of cyclic esters (lactones) is 1. The molecule has 30 heavy (non-hydrogen) atoms. The van der Waals surface area contributed by atoms with Crippen LogP contribution < -0.4 is 4.90 Å². The number of nitrogens with zero attached hydrogens (tertiary/aromatic N) is 3. The van der Waals surface area contributed by atoms with Crippen LogP contribution in [0.1, 0.15) is 31.2 Å². The number of rotatable bonds is 5. The van der Waals surface area contributed by atoms with E-state index in [1.807, 2.05) is 9.80 Å². The lowest BCUT2D eigenvalue weighted by Gasteiger charge is -2.41. The molecule has 166 valence electrons. The Morgan fingerprint density at radius 2 is 1.67 bits per heavy atom. The molecule has 0 unspecified atom stereocenters. The molecule has 1 aliphatic carbocycles. The van der Waals surface area contributed by atoms with Crippen LogP contribution >= 0.6 is 0 Å². The molecule has 2 atom stereocenters. The molecular formula is C22H30F3N3O2. The normalized spacial score (nSPS) is 26.2. The number of piperazine rings is 1. The summed E-state index contributed by atoms with van der Waals surface area (Å²) in [7, 11) is 0. The summed E-state index contributed by atoms with van der Waals surface area (Å²) in [5.41, 5.74) is 0.0560. The molecule has 2 heterocycles. The van der Waals surface area contributed by atoms with E-state index in [-0.39, 0.29) is 6.09 Å². The SMILES string of the molecule is O=C1OCCN1C[C@@H]1CCCC[C@H]1CN1CCN(c2cccc(C(F)(F)F)c2)CC1. The molecule has 8 heteroatoms. The van der Waals surface area contributed by atoms with Crippen molar-refractivity contribution in [3.63, 3.8) is 0 Å². The van der Waals surface area contributed by atoms with Gasteiger partial charge >= 0.3 is 12.3 Å². The Morgan fingerprint density at radius 1 is 0.967 bits per heavy atom. The first kappa shape index (κ1) is 21.3. The minimum Gasteiger partial charge on any atom is -0.448 e. The Morgan fingerprint density at radius 3 is 2.30 bits per heavy atom. The lowest BCUT2D eigenvalue weighted by Crippen LogP contribution is -2.49. The molecule has 1 aromatic carbocycles. The Bertz CT molecular complexity index is 735. The molecule has 3 aliphatic rings. The molecule has 4 rings (SSSR count). The van der Waals surface area contributed by atoms with Gasteiger partial charge in [-0.15, -0.1) is 0 Å². The highest BCUT2D eigenvalue weighted by atomic mass is 19.4. The zero-order valence-corrected chi connectivity index (χ0v) is 17.2. The van der Waals surface area contributed by atoms with Gasteiger partial charge in [-0.05, 0) is 42.9 Å². The van der Waals surface area contributed by atoms with Gasteiger partial charge in [-0.2, -0.15) is 13.2 Å². The highest BCUT2D eigenvalue weighted by molar-refractivity contribution is 5.69. The van der Waals surface area contributed by atoms with Crippen LogP contribution in [0.5, 0.6) is 0 Å². The zero-order chi connectivity index (χ0) is 21.1. The van der Waals surface area contributed by atoms with Crippen molar-refractivity contribution in [2.24, 2.45) is 11.8 Å². The van der Waals surface area contributed by atoms with Crippen molar-refractivity contribution in [2.75, 3.05) is 57.3 Å². The van der Waals surface area contributed by atoms with Crippen LogP contribution in [0.25, 0.3) is 0 Å². The third-order valence-electron chi connectivity index (χ3n) is 6.77. The number of ether oxygens (including phenoxy) is 1. The summed E-state index contributed by atoms with van der Waals surface area (Å²) in [6.45, 7) is 6.15. The number of halogens is 3. The Hall–Kier alpha value is -1.96. The van der Waals surface area contributed by atoms with Crippen molar-refractivity contribution in [2.45, 2.75) is 31.9 Å². The molecule has 0 aromatic heterocycles. The van der Waals surface area contributed by atoms with E-state index in [1.165, 1.54) is 31.4 Å². The van der Waals surface area contributed by atoms with Crippen LogP contribution in [-0.4, -0.2) is 68.3 Å². The molecule has 1 amide bonds. The molecule has 1 saturated carbocycles. The van der Waals surface area contributed by atoms with E-state index in [9.17, 15) is 18.0 Å². The van der Waals surface area contributed by atoms with E-state index in [2.05, 4.69) is 4.90 Å². The molecular weight excluding hydrogens is 395 g/mol. The van der Waals surface area contributed by atoms with Gasteiger partial charge in [0, 0.05) is 45.0 Å². The standard InChI is InChI=1S/C22H30F3N3O2/c23-22(24,25)19-6-3-7-20(14-19)27-10-8-26(9-11-27)15-17-4-1-2-5-18(17)16-28-12-13-30-21(28)29/h3,6-7,14,17-18H,1-2,4-5,8-13,15-16H2/t17-,18-/m0/s1. The molecule has 2 aliphatic heterocycles. The number of carbonyl (C=O) groups excluding carboxylic acids is 1. The van der Waals surface area contributed by atoms with Gasteiger partial charge in [0.2, 0.25) is 0 Å². The maximum absolute atomic E-state index is 13.0. The minimum absolute atomic E-state index is 0.186. The largest absolute Gasteiger partial charge is 0.448 e. The Balaban J connectivity index is 1.31. The van der Waals surface area contributed by atoms with Gasteiger partial charge in [-0.25, -0.2) is 4.79 Å². The number of amides is 1. The second-order valence-electron chi connectivity index (χ2n) is 8.70. The summed E-state index contributed by atoms with van der Waals surface area (Å²) in [6.07, 6.45) is 0.285. The quantitative estimate of drug-likeness (QED) is 0.712. The number of benzene rings is 1. The lowest BCUT2D eigenvalue weighted by molar-refractivity contribution is -0.137. The second-order valence-corrected chi connectivity index (χ2v) is 8.70. The van der Waals surface area contributed by atoms with Gasteiger partial charge in [0.25, 0.3) is 0 Å². The van der Waals surface area contributed by atoms with Crippen LogP contribution in [0.2, 0.25) is 0 Å². The van der Waals surface area contributed by atoms with E-state index < -0.39 is 11.7 Å². The number of hydrogen-bond donors (Lipinski definition) is 0. The van der Waals surface area contributed by atoms with Crippen molar-refractivity contribution in [1.29, 1.82) is 0 Å². The number of hydrogen-bond acceptors (Lipinski definition) is 4. The maximum atomic E-state index is 13.0. The first-order valence-electron chi connectivity index (χ1n) is 11.0. The van der Waals surface area contributed by atoms with Crippen molar-refractivity contribution in [1.82, 2.24) is 9.80 Å². The van der Waals surface area contributed by atoms with Gasteiger partial charge in [-0.1, -0.05) is 18.9 Å². The Labute approximate surface area is 175 Å². The topological polar surface area (TPSA) is 36.0 Å². The molecule has 5 nitrogen and oxygen atoms in total. The van der Waals surface area contributed by atoms with Crippen molar-refractivity contribution >= 4 is 11.8 Å². The van der Waals surface area contributed by atoms with E-state index in [0.717, 1.165) is 51.8 Å². The van der Waals surface area contributed by atoms with E-state index in [0.29, 0.717) is 30.7 Å². The second kappa shape index (κ2) is 9.04. The fraction of sp³-hybridized carbons (Fsp3) is 0.682. The Kier molecular flexibility index (Phi) is 6.41. The van der Waals surface area contributed by atoms with Gasteiger partial charge < -0.3 is 14.5 Å². The summed E-state index contributed by atoms with van der Waals surface area (Å²) >= 11 is 0.